The molecule has 1 heterocycles. The first-order valence-corrected chi connectivity index (χ1v) is 11.1. The third-order valence-electron chi connectivity index (χ3n) is 4.76. The van der Waals surface area contributed by atoms with Crippen LogP contribution in [0.1, 0.15) is 31.7 Å². The molecule has 1 fully saturated rings. The summed E-state index contributed by atoms with van der Waals surface area (Å²) in [5.74, 6) is -0.285. The zero-order valence-corrected chi connectivity index (χ0v) is 17.2. The Hall–Kier alpha value is -2.71. The minimum Gasteiger partial charge on any atom is -0.326 e. The van der Waals surface area contributed by atoms with Crippen LogP contribution >= 0.6 is 0 Å². The van der Waals surface area contributed by atoms with Crippen molar-refractivity contribution in [1.29, 1.82) is 0 Å². The molecule has 1 saturated heterocycles. The lowest BCUT2D eigenvalue weighted by atomic mass is 10.1. The number of aryl methyl sites for hydroxylation is 1. The maximum absolute atomic E-state index is 12.5. The highest BCUT2D eigenvalue weighted by Crippen LogP contribution is 2.21. The predicted molar refractivity (Wildman–Crippen MR) is 112 cm³/mol. The molecule has 2 aromatic carbocycles. The van der Waals surface area contributed by atoms with Crippen LogP contribution in [0, 0.1) is 0 Å². The third-order valence-corrected chi connectivity index (χ3v) is 6.67. The third kappa shape index (κ3) is 5.65. The molecule has 2 N–H and O–H groups in total. The summed E-state index contributed by atoms with van der Waals surface area (Å²) >= 11 is 0. The van der Waals surface area contributed by atoms with Crippen molar-refractivity contribution in [3.05, 3.63) is 54.1 Å². The van der Waals surface area contributed by atoms with E-state index in [-0.39, 0.29) is 18.2 Å². The number of carbonyl (C=O) groups excluding carboxylic acids is 2. The van der Waals surface area contributed by atoms with E-state index in [4.69, 9.17) is 0 Å². The van der Waals surface area contributed by atoms with E-state index in [0.29, 0.717) is 35.8 Å². The number of hydrogen-bond donors (Lipinski definition) is 2. The molecule has 154 valence electrons. The van der Waals surface area contributed by atoms with E-state index in [1.807, 2.05) is 0 Å². The minimum absolute atomic E-state index is 0.133. The quantitative estimate of drug-likeness (QED) is 0.727. The number of nitrogens with one attached hydrogen (secondary N) is 2. The van der Waals surface area contributed by atoms with Crippen LogP contribution < -0.4 is 10.6 Å². The monoisotopic (exact) mass is 415 g/mol. The molecule has 2 aromatic rings. The molecule has 2 amide bonds. The van der Waals surface area contributed by atoms with Crippen molar-refractivity contribution in [2.24, 2.45) is 0 Å². The smallest absolute Gasteiger partial charge is 0.243 e. The van der Waals surface area contributed by atoms with Gasteiger partial charge in [-0.25, -0.2) is 8.42 Å². The summed E-state index contributed by atoms with van der Waals surface area (Å²) in [6, 6.07) is 13.6. The number of rotatable bonds is 7. The molecule has 0 bridgehead atoms. The van der Waals surface area contributed by atoms with Crippen molar-refractivity contribution < 1.29 is 18.0 Å². The number of hydrogen-bond acceptors (Lipinski definition) is 4. The van der Waals surface area contributed by atoms with Gasteiger partial charge in [0.2, 0.25) is 21.8 Å². The van der Waals surface area contributed by atoms with E-state index in [0.717, 1.165) is 18.4 Å². The second-order valence-electron chi connectivity index (χ2n) is 7.06. The molecule has 0 radical (unpaired) electrons. The first-order chi connectivity index (χ1) is 13.8. The maximum Gasteiger partial charge on any atom is 0.243 e. The summed E-state index contributed by atoms with van der Waals surface area (Å²) in [6.07, 6.45) is 2.61. The van der Waals surface area contributed by atoms with Crippen molar-refractivity contribution >= 4 is 33.2 Å². The van der Waals surface area contributed by atoms with Gasteiger partial charge in [-0.15, -0.1) is 0 Å². The number of anilines is 2. The van der Waals surface area contributed by atoms with Crippen LogP contribution in [0.4, 0.5) is 11.4 Å². The van der Waals surface area contributed by atoms with Crippen LogP contribution in [0.3, 0.4) is 0 Å². The van der Waals surface area contributed by atoms with Crippen molar-refractivity contribution in [2.45, 2.75) is 37.5 Å². The number of benzene rings is 2. The summed E-state index contributed by atoms with van der Waals surface area (Å²) in [7, 11) is -3.41. The second-order valence-corrected chi connectivity index (χ2v) is 9.00. The molecule has 7 nitrogen and oxygen atoms in total. The average Bonchev–Trinajstić information content (AvgIpc) is 3.24. The van der Waals surface area contributed by atoms with Gasteiger partial charge in [0.05, 0.1) is 4.90 Å². The van der Waals surface area contributed by atoms with Gasteiger partial charge in [0.15, 0.2) is 0 Å². The first-order valence-electron chi connectivity index (χ1n) is 9.61. The zero-order chi connectivity index (χ0) is 20.9. The Morgan fingerprint density at radius 2 is 1.45 bits per heavy atom. The van der Waals surface area contributed by atoms with E-state index in [1.54, 1.807) is 48.5 Å². The van der Waals surface area contributed by atoms with Crippen LogP contribution in [0.25, 0.3) is 0 Å². The largest absolute Gasteiger partial charge is 0.326 e. The van der Waals surface area contributed by atoms with Crippen LogP contribution in [-0.2, 0) is 26.0 Å². The molecule has 3 rings (SSSR count). The molecule has 0 spiro atoms. The highest BCUT2D eigenvalue weighted by Gasteiger charge is 2.26. The molecule has 0 atom stereocenters. The van der Waals surface area contributed by atoms with Crippen molar-refractivity contribution in [2.75, 3.05) is 23.7 Å². The zero-order valence-electron chi connectivity index (χ0n) is 16.3. The average molecular weight is 416 g/mol. The molecule has 0 unspecified atom stereocenters. The van der Waals surface area contributed by atoms with Crippen LogP contribution in [0.2, 0.25) is 0 Å². The number of carbonyl (C=O) groups is 2. The van der Waals surface area contributed by atoms with E-state index < -0.39 is 10.0 Å². The Bertz CT molecular complexity index is 964. The predicted octanol–water partition coefficient (Wildman–Crippen LogP) is 3.00. The van der Waals surface area contributed by atoms with Gasteiger partial charge in [-0.3, -0.25) is 9.59 Å². The van der Waals surface area contributed by atoms with Gasteiger partial charge in [-0.2, -0.15) is 4.31 Å². The standard InChI is InChI=1S/C21H25N3O4S/c1-16(25)22-18-7-9-19(10-8-18)23-21(26)13-6-17-4-11-20(12-5-17)29(27,28)24-14-2-3-15-24/h4-5,7-12H,2-3,6,13-15H2,1H3,(H,22,25)(H,23,26). The molecule has 0 saturated carbocycles. The fourth-order valence-corrected chi connectivity index (χ4v) is 4.74. The van der Waals surface area contributed by atoms with Crippen LogP contribution in [0.15, 0.2) is 53.4 Å². The molecule has 1 aliphatic rings. The minimum atomic E-state index is -3.41. The van der Waals surface area contributed by atoms with Gasteiger partial charge in [-0.05, 0) is 61.2 Å². The Labute approximate surface area is 171 Å². The van der Waals surface area contributed by atoms with E-state index in [2.05, 4.69) is 10.6 Å². The second kappa shape index (κ2) is 9.19. The summed E-state index contributed by atoms with van der Waals surface area (Å²) in [5, 5.41) is 5.48. The summed E-state index contributed by atoms with van der Waals surface area (Å²) in [5.41, 5.74) is 2.22. The Morgan fingerprint density at radius 1 is 0.897 bits per heavy atom. The number of nitrogens with zero attached hydrogens (tertiary/aromatic N) is 1. The fraction of sp³-hybridized carbons (Fsp3) is 0.333. The molecular weight excluding hydrogens is 390 g/mol. The summed E-state index contributed by atoms with van der Waals surface area (Å²) in [4.78, 5) is 23.5. The molecular formula is C21H25N3O4S. The molecule has 29 heavy (non-hydrogen) atoms. The summed E-state index contributed by atoms with van der Waals surface area (Å²) < 4.78 is 26.6. The molecule has 8 heteroatoms. The highest BCUT2D eigenvalue weighted by atomic mass is 32.2. The number of sulfonamides is 1. The van der Waals surface area contributed by atoms with E-state index >= 15 is 0 Å². The first kappa shape index (κ1) is 21.0. The SMILES string of the molecule is CC(=O)Nc1ccc(NC(=O)CCc2ccc(S(=O)(=O)N3CCCC3)cc2)cc1. The van der Waals surface area contributed by atoms with Gasteiger partial charge in [0, 0.05) is 37.8 Å². The molecule has 0 aromatic heterocycles. The lowest BCUT2D eigenvalue weighted by Gasteiger charge is -2.15. The lowest BCUT2D eigenvalue weighted by Crippen LogP contribution is -2.27. The maximum atomic E-state index is 12.5. The van der Waals surface area contributed by atoms with Crippen LogP contribution in [-0.4, -0.2) is 37.6 Å². The van der Waals surface area contributed by atoms with Gasteiger partial charge in [-0.1, -0.05) is 12.1 Å². The van der Waals surface area contributed by atoms with Gasteiger partial charge < -0.3 is 10.6 Å². The lowest BCUT2D eigenvalue weighted by molar-refractivity contribution is -0.116. The normalized spacial score (nSPS) is 14.5. The Balaban J connectivity index is 1.52. The van der Waals surface area contributed by atoms with Crippen molar-refractivity contribution in [1.82, 2.24) is 4.31 Å². The van der Waals surface area contributed by atoms with Crippen molar-refractivity contribution in [3.63, 3.8) is 0 Å². The highest BCUT2D eigenvalue weighted by molar-refractivity contribution is 7.89. The Kier molecular flexibility index (Phi) is 6.66. The summed E-state index contributed by atoms with van der Waals surface area (Å²) in [6.45, 7) is 2.59. The molecule has 1 aliphatic heterocycles. The fourth-order valence-electron chi connectivity index (χ4n) is 3.23. The van der Waals surface area contributed by atoms with Crippen LogP contribution in [0.5, 0.6) is 0 Å². The Morgan fingerprint density at radius 3 is 2.00 bits per heavy atom. The number of amides is 2. The van der Waals surface area contributed by atoms with Crippen molar-refractivity contribution in [3.8, 4) is 0 Å². The van der Waals surface area contributed by atoms with E-state index in [9.17, 15) is 18.0 Å². The molecule has 0 aliphatic carbocycles. The van der Waals surface area contributed by atoms with Gasteiger partial charge >= 0.3 is 0 Å². The topological polar surface area (TPSA) is 95.6 Å². The van der Waals surface area contributed by atoms with Gasteiger partial charge in [0.1, 0.15) is 0 Å². The van der Waals surface area contributed by atoms with Gasteiger partial charge in [0.25, 0.3) is 0 Å². The van der Waals surface area contributed by atoms with E-state index in [1.165, 1.54) is 11.2 Å².